The van der Waals surface area contributed by atoms with Gasteiger partial charge in [0.25, 0.3) is 5.91 Å². The summed E-state index contributed by atoms with van der Waals surface area (Å²) in [4.78, 5) is 23.4. The van der Waals surface area contributed by atoms with Gasteiger partial charge in [0.1, 0.15) is 0 Å². The van der Waals surface area contributed by atoms with E-state index in [0.29, 0.717) is 28.6 Å². The second-order valence-electron chi connectivity index (χ2n) is 5.01. The van der Waals surface area contributed by atoms with Gasteiger partial charge in [-0.2, -0.15) is 0 Å². The predicted octanol–water partition coefficient (Wildman–Crippen LogP) is 2.83. The standard InChI is InChI=1S/C18H18ClNO5/c1-23-16-9-12(18(22)24-2)7-8-15(16)25-11-17(21)20-10-13-5-3-4-6-14(13)19/h3-9H,10-11H2,1-2H3,(H,20,21). The van der Waals surface area contributed by atoms with Crippen molar-refractivity contribution in [3.63, 3.8) is 0 Å². The molecule has 7 heteroatoms. The molecule has 0 saturated heterocycles. The molecule has 2 aromatic rings. The van der Waals surface area contributed by atoms with E-state index in [4.69, 9.17) is 21.1 Å². The number of ether oxygens (including phenoxy) is 3. The number of amides is 1. The Labute approximate surface area is 150 Å². The summed E-state index contributed by atoms with van der Waals surface area (Å²) in [6, 6.07) is 11.8. The van der Waals surface area contributed by atoms with Crippen LogP contribution in [0.3, 0.4) is 0 Å². The van der Waals surface area contributed by atoms with Crippen LogP contribution in [0.5, 0.6) is 11.5 Å². The Morgan fingerprint density at radius 2 is 1.84 bits per heavy atom. The second kappa shape index (κ2) is 8.94. The topological polar surface area (TPSA) is 73.9 Å². The van der Waals surface area contributed by atoms with Gasteiger partial charge in [-0.15, -0.1) is 0 Å². The largest absolute Gasteiger partial charge is 0.493 e. The molecule has 0 fully saturated rings. The number of carbonyl (C=O) groups excluding carboxylic acids is 2. The van der Waals surface area contributed by atoms with Gasteiger partial charge in [0, 0.05) is 11.6 Å². The molecular weight excluding hydrogens is 346 g/mol. The molecule has 0 aliphatic rings. The highest BCUT2D eigenvalue weighted by Crippen LogP contribution is 2.28. The smallest absolute Gasteiger partial charge is 0.337 e. The minimum Gasteiger partial charge on any atom is -0.493 e. The summed E-state index contributed by atoms with van der Waals surface area (Å²) >= 11 is 6.04. The van der Waals surface area contributed by atoms with Crippen LogP contribution in [0.1, 0.15) is 15.9 Å². The van der Waals surface area contributed by atoms with E-state index in [1.54, 1.807) is 12.1 Å². The Hall–Kier alpha value is -2.73. The van der Waals surface area contributed by atoms with Crippen molar-refractivity contribution in [3.8, 4) is 11.5 Å². The molecule has 0 unspecified atom stereocenters. The monoisotopic (exact) mass is 363 g/mol. The average Bonchev–Trinajstić information content (AvgIpc) is 2.64. The minimum atomic E-state index is -0.484. The van der Waals surface area contributed by atoms with Crippen molar-refractivity contribution < 1.29 is 23.8 Å². The summed E-state index contributed by atoms with van der Waals surface area (Å²) in [5.41, 5.74) is 1.15. The van der Waals surface area contributed by atoms with Gasteiger partial charge in [-0.3, -0.25) is 4.79 Å². The maximum Gasteiger partial charge on any atom is 0.337 e. The first kappa shape index (κ1) is 18.6. The van der Waals surface area contributed by atoms with Crippen LogP contribution in [0, 0.1) is 0 Å². The first-order chi connectivity index (χ1) is 12.0. The summed E-state index contributed by atoms with van der Waals surface area (Å²) in [5, 5.41) is 3.31. The van der Waals surface area contributed by atoms with Crippen molar-refractivity contribution in [2.75, 3.05) is 20.8 Å². The van der Waals surface area contributed by atoms with Crippen molar-refractivity contribution in [1.29, 1.82) is 0 Å². The lowest BCUT2D eigenvalue weighted by molar-refractivity contribution is -0.123. The number of hydrogen-bond donors (Lipinski definition) is 1. The van der Waals surface area contributed by atoms with E-state index in [2.05, 4.69) is 10.1 Å². The molecule has 0 bridgehead atoms. The first-order valence-electron chi connectivity index (χ1n) is 7.44. The quantitative estimate of drug-likeness (QED) is 0.766. The highest BCUT2D eigenvalue weighted by atomic mass is 35.5. The maximum absolute atomic E-state index is 11.9. The van der Waals surface area contributed by atoms with Crippen LogP contribution in [0.15, 0.2) is 42.5 Å². The lowest BCUT2D eigenvalue weighted by Crippen LogP contribution is -2.28. The molecule has 25 heavy (non-hydrogen) atoms. The zero-order valence-electron chi connectivity index (χ0n) is 13.9. The lowest BCUT2D eigenvalue weighted by Gasteiger charge is -2.12. The van der Waals surface area contributed by atoms with Crippen LogP contribution >= 0.6 is 11.6 Å². The normalized spacial score (nSPS) is 10.0. The van der Waals surface area contributed by atoms with E-state index in [0.717, 1.165) is 5.56 Å². The Morgan fingerprint density at radius 3 is 2.52 bits per heavy atom. The number of rotatable bonds is 7. The summed E-state index contributed by atoms with van der Waals surface area (Å²) in [7, 11) is 2.74. The highest BCUT2D eigenvalue weighted by Gasteiger charge is 2.12. The summed E-state index contributed by atoms with van der Waals surface area (Å²) in [6.07, 6.45) is 0. The van der Waals surface area contributed by atoms with Crippen molar-refractivity contribution in [1.82, 2.24) is 5.32 Å². The molecule has 2 aromatic carbocycles. The molecule has 132 valence electrons. The zero-order valence-corrected chi connectivity index (χ0v) is 14.6. The Kier molecular flexibility index (Phi) is 6.65. The molecule has 1 N–H and O–H groups in total. The number of hydrogen-bond acceptors (Lipinski definition) is 5. The Morgan fingerprint density at radius 1 is 1.08 bits per heavy atom. The zero-order chi connectivity index (χ0) is 18.2. The fourth-order valence-corrected chi connectivity index (χ4v) is 2.26. The van der Waals surface area contributed by atoms with Gasteiger partial charge in [-0.25, -0.2) is 4.79 Å². The third-order valence-electron chi connectivity index (χ3n) is 3.38. The molecule has 1 amide bonds. The third kappa shape index (κ3) is 5.12. The van der Waals surface area contributed by atoms with Crippen LogP contribution in [-0.2, 0) is 16.1 Å². The summed E-state index contributed by atoms with van der Waals surface area (Å²) in [5.74, 6) is -0.105. The van der Waals surface area contributed by atoms with Gasteiger partial charge in [0.05, 0.1) is 19.8 Å². The van der Waals surface area contributed by atoms with E-state index in [1.165, 1.54) is 26.4 Å². The molecule has 0 aliphatic heterocycles. The van der Waals surface area contributed by atoms with Crippen LogP contribution in [0.25, 0.3) is 0 Å². The molecule has 0 spiro atoms. The van der Waals surface area contributed by atoms with Crippen molar-refractivity contribution in [3.05, 3.63) is 58.6 Å². The number of benzene rings is 2. The molecule has 0 atom stereocenters. The molecule has 6 nitrogen and oxygen atoms in total. The van der Waals surface area contributed by atoms with Gasteiger partial charge in [0.15, 0.2) is 18.1 Å². The van der Waals surface area contributed by atoms with Gasteiger partial charge >= 0.3 is 5.97 Å². The van der Waals surface area contributed by atoms with Crippen molar-refractivity contribution in [2.45, 2.75) is 6.54 Å². The Bertz CT molecular complexity index is 763. The number of esters is 1. The molecular formula is C18H18ClNO5. The predicted molar refractivity (Wildman–Crippen MR) is 93.1 cm³/mol. The minimum absolute atomic E-state index is 0.196. The molecule has 0 aromatic heterocycles. The molecule has 2 rings (SSSR count). The SMILES string of the molecule is COC(=O)c1ccc(OCC(=O)NCc2ccccc2Cl)c(OC)c1. The fraction of sp³-hybridized carbons (Fsp3) is 0.222. The number of carbonyl (C=O) groups is 2. The van der Waals surface area contributed by atoms with Crippen LogP contribution in [-0.4, -0.2) is 32.7 Å². The second-order valence-corrected chi connectivity index (χ2v) is 5.42. The lowest BCUT2D eigenvalue weighted by atomic mass is 10.2. The Balaban J connectivity index is 1.93. The van der Waals surface area contributed by atoms with Crippen molar-refractivity contribution >= 4 is 23.5 Å². The van der Waals surface area contributed by atoms with E-state index in [1.807, 2.05) is 18.2 Å². The van der Waals surface area contributed by atoms with Crippen molar-refractivity contribution in [2.24, 2.45) is 0 Å². The van der Waals surface area contributed by atoms with Gasteiger partial charge in [-0.05, 0) is 29.8 Å². The first-order valence-corrected chi connectivity index (χ1v) is 7.82. The molecule has 0 radical (unpaired) electrons. The van der Waals surface area contributed by atoms with E-state index in [-0.39, 0.29) is 12.5 Å². The van der Waals surface area contributed by atoms with E-state index < -0.39 is 5.97 Å². The van der Waals surface area contributed by atoms with E-state index >= 15 is 0 Å². The third-order valence-corrected chi connectivity index (χ3v) is 3.75. The van der Waals surface area contributed by atoms with Crippen LogP contribution < -0.4 is 14.8 Å². The average molecular weight is 364 g/mol. The number of halogens is 1. The van der Waals surface area contributed by atoms with Gasteiger partial charge in [-0.1, -0.05) is 29.8 Å². The van der Waals surface area contributed by atoms with E-state index in [9.17, 15) is 9.59 Å². The summed E-state index contributed by atoms with van der Waals surface area (Å²) < 4.78 is 15.3. The molecule has 0 aliphatic carbocycles. The summed E-state index contributed by atoms with van der Waals surface area (Å²) in [6.45, 7) is 0.110. The van der Waals surface area contributed by atoms with Gasteiger partial charge < -0.3 is 19.5 Å². The van der Waals surface area contributed by atoms with Gasteiger partial charge in [0.2, 0.25) is 0 Å². The highest BCUT2D eigenvalue weighted by molar-refractivity contribution is 6.31. The molecule has 0 saturated carbocycles. The van der Waals surface area contributed by atoms with Crippen LogP contribution in [0.4, 0.5) is 0 Å². The number of nitrogens with one attached hydrogen (secondary N) is 1. The molecule has 0 heterocycles. The number of methoxy groups -OCH3 is 2. The fourth-order valence-electron chi connectivity index (χ4n) is 2.06. The maximum atomic E-state index is 11.9. The van der Waals surface area contributed by atoms with Crippen LogP contribution in [0.2, 0.25) is 5.02 Å².